The topological polar surface area (TPSA) is 97.2 Å². The van der Waals surface area contributed by atoms with Gasteiger partial charge in [-0.25, -0.2) is 4.98 Å². The smallest absolute Gasteiger partial charge is 0.290 e. The molecule has 1 unspecified atom stereocenters. The van der Waals surface area contributed by atoms with Crippen molar-refractivity contribution >= 4 is 5.91 Å². The van der Waals surface area contributed by atoms with E-state index >= 15 is 0 Å². The number of aromatic nitrogens is 3. The minimum absolute atomic E-state index is 0.195. The van der Waals surface area contributed by atoms with E-state index in [1.807, 2.05) is 16.8 Å². The quantitative estimate of drug-likeness (QED) is 0.707. The van der Waals surface area contributed by atoms with Gasteiger partial charge in [0.1, 0.15) is 17.9 Å². The summed E-state index contributed by atoms with van der Waals surface area (Å²) >= 11 is 0. The largest absolute Gasteiger partial charge is 0.470 e. The second-order valence-electron chi connectivity index (χ2n) is 6.34. The fourth-order valence-electron chi connectivity index (χ4n) is 3.04. The Morgan fingerprint density at radius 2 is 2.19 bits per heavy atom. The van der Waals surface area contributed by atoms with E-state index in [9.17, 15) is 4.79 Å². The Morgan fingerprint density at radius 3 is 2.89 bits per heavy atom. The second kappa shape index (κ2) is 6.96. The van der Waals surface area contributed by atoms with Crippen LogP contribution >= 0.6 is 0 Å². The number of pyridine rings is 1. The zero-order valence-corrected chi connectivity index (χ0v) is 14.7. The molecule has 0 radical (unpaired) electrons. The van der Waals surface area contributed by atoms with Crippen molar-refractivity contribution in [1.29, 1.82) is 5.26 Å². The molecule has 8 nitrogen and oxygen atoms in total. The number of carbonyl (C=O) groups excluding carboxylic acids is 1. The highest BCUT2D eigenvalue weighted by atomic mass is 16.5. The molecule has 0 spiro atoms. The van der Waals surface area contributed by atoms with Crippen molar-refractivity contribution in [1.82, 2.24) is 19.7 Å². The Labute approximate surface area is 155 Å². The van der Waals surface area contributed by atoms with E-state index in [1.54, 1.807) is 42.3 Å². The highest BCUT2D eigenvalue weighted by Gasteiger charge is 2.29. The Balaban J connectivity index is 1.58. The SMILES string of the molecule is Cc1ccc(C(=O)N2Cc3ccnn3CC(Oc3ccc(C#N)cn3)C2)o1. The molecule has 136 valence electrons. The van der Waals surface area contributed by atoms with Gasteiger partial charge < -0.3 is 14.1 Å². The molecule has 4 heterocycles. The molecule has 0 bridgehead atoms. The number of carbonyl (C=O) groups is 1. The van der Waals surface area contributed by atoms with Crippen LogP contribution in [0.1, 0.15) is 27.6 Å². The first kappa shape index (κ1) is 16.8. The van der Waals surface area contributed by atoms with Crippen molar-refractivity contribution in [3.05, 3.63) is 65.5 Å². The van der Waals surface area contributed by atoms with Crippen LogP contribution < -0.4 is 4.74 Å². The van der Waals surface area contributed by atoms with Crippen LogP contribution in [0.4, 0.5) is 0 Å². The maximum absolute atomic E-state index is 12.9. The summed E-state index contributed by atoms with van der Waals surface area (Å²) in [5, 5.41) is 13.2. The van der Waals surface area contributed by atoms with Crippen molar-refractivity contribution in [2.45, 2.75) is 26.1 Å². The van der Waals surface area contributed by atoms with Crippen molar-refractivity contribution in [3.63, 3.8) is 0 Å². The molecule has 1 aliphatic heterocycles. The zero-order valence-electron chi connectivity index (χ0n) is 14.7. The second-order valence-corrected chi connectivity index (χ2v) is 6.34. The standard InChI is InChI=1S/C19H17N5O3/c1-13-2-4-17(26-13)19(25)23-10-15-6-7-22-24(15)12-16(11-23)27-18-5-3-14(8-20)9-21-18/h2-7,9,16H,10-12H2,1H3. The molecule has 27 heavy (non-hydrogen) atoms. The Bertz CT molecular complexity index is 999. The summed E-state index contributed by atoms with van der Waals surface area (Å²) in [7, 11) is 0. The van der Waals surface area contributed by atoms with Gasteiger partial charge in [0.15, 0.2) is 5.76 Å². The lowest BCUT2D eigenvalue weighted by atomic mass is 10.3. The molecule has 4 rings (SSSR count). The maximum Gasteiger partial charge on any atom is 0.290 e. The van der Waals surface area contributed by atoms with Crippen LogP contribution in [0.2, 0.25) is 0 Å². The number of amides is 1. The maximum atomic E-state index is 12.9. The first-order valence-electron chi connectivity index (χ1n) is 8.51. The van der Waals surface area contributed by atoms with E-state index in [1.165, 1.54) is 6.20 Å². The monoisotopic (exact) mass is 363 g/mol. The zero-order chi connectivity index (χ0) is 18.8. The normalized spacial score (nSPS) is 16.3. The summed E-state index contributed by atoms with van der Waals surface area (Å²) in [6.07, 6.45) is 2.82. The number of nitrogens with zero attached hydrogens (tertiary/aromatic N) is 5. The first-order valence-corrected chi connectivity index (χ1v) is 8.51. The Morgan fingerprint density at radius 1 is 1.30 bits per heavy atom. The summed E-state index contributed by atoms with van der Waals surface area (Å²) in [6, 6.07) is 10.6. The fraction of sp³-hybridized carbons (Fsp3) is 0.263. The molecule has 0 aliphatic carbocycles. The minimum Gasteiger partial charge on any atom is -0.470 e. The predicted octanol–water partition coefficient (Wildman–Crippen LogP) is 2.15. The van der Waals surface area contributed by atoms with Gasteiger partial charge >= 0.3 is 0 Å². The third kappa shape index (κ3) is 3.53. The van der Waals surface area contributed by atoms with E-state index in [-0.39, 0.29) is 12.0 Å². The van der Waals surface area contributed by atoms with Gasteiger partial charge in [-0.05, 0) is 31.2 Å². The molecule has 0 fully saturated rings. The molecule has 8 heteroatoms. The number of rotatable bonds is 3. The van der Waals surface area contributed by atoms with Crippen LogP contribution in [0, 0.1) is 18.3 Å². The van der Waals surface area contributed by atoms with Gasteiger partial charge in [-0.2, -0.15) is 10.4 Å². The average molecular weight is 363 g/mol. The molecule has 3 aromatic rings. The van der Waals surface area contributed by atoms with Gasteiger partial charge in [0, 0.05) is 18.5 Å². The van der Waals surface area contributed by atoms with Crippen molar-refractivity contribution in [3.8, 4) is 11.9 Å². The molecule has 0 saturated carbocycles. The van der Waals surface area contributed by atoms with Crippen LogP contribution in [-0.4, -0.2) is 38.2 Å². The molecule has 0 N–H and O–H groups in total. The third-order valence-electron chi connectivity index (χ3n) is 4.35. The number of fused-ring (bicyclic) bond motifs is 1. The summed E-state index contributed by atoms with van der Waals surface area (Å²) in [5.74, 6) is 1.19. The minimum atomic E-state index is -0.341. The van der Waals surface area contributed by atoms with Gasteiger partial charge in [0.2, 0.25) is 5.88 Å². The predicted molar refractivity (Wildman–Crippen MR) is 93.8 cm³/mol. The molecular weight excluding hydrogens is 346 g/mol. The average Bonchev–Trinajstić information content (AvgIpc) is 3.26. The fourth-order valence-corrected chi connectivity index (χ4v) is 3.04. The van der Waals surface area contributed by atoms with E-state index in [0.717, 1.165) is 5.69 Å². The van der Waals surface area contributed by atoms with Crippen molar-refractivity contribution in [2.24, 2.45) is 0 Å². The third-order valence-corrected chi connectivity index (χ3v) is 4.35. The molecule has 0 saturated heterocycles. The number of ether oxygens (including phenoxy) is 1. The van der Waals surface area contributed by atoms with Gasteiger partial charge in [0.05, 0.1) is 30.9 Å². The summed E-state index contributed by atoms with van der Waals surface area (Å²) in [5.41, 5.74) is 1.38. The molecule has 1 amide bonds. The van der Waals surface area contributed by atoms with Crippen LogP contribution in [0.25, 0.3) is 0 Å². The lowest BCUT2D eigenvalue weighted by molar-refractivity contribution is 0.0613. The van der Waals surface area contributed by atoms with E-state index < -0.39 is 0 Å². The lowest BCUT2D eigenvalue weighted by Crippen LogP contribution is -2.38. The summed E-state index contributed by atoms with van der Waals surface area (Å²) < 4.78 is 13.3. The Kier molecular flexibility index (Phi) is 4.34. The van der Waals surface area contributed by atoms with Gasteiger partial charge in [-0.15, -0.1) is 0 Å². The Hall–Kier alpha value is -3.60. The van der Waals surface area contributed by atoms with Crippen LogP contribution in [0.15, 0.2) is 47.1 Å². The van der Waals surface area contributed by atoms with Crippen molar-refractivity contribution < 1.29 is 13.9 Å². The number of nitriles is 1. The van der Waals surface area contributed by atoms with Gasteiger partial charge in [-0.1, -0.05) is 0 Å². The van der Waals surface area contributed by atoms with Crippen LogP contribution in [0.3, 0.4) is 0 Å². The van der Waals surface area contributed by atoms with E-state index in [0.29, 0.717) is 42.6 Å². The highest BCUT2D eigenvalue weighted by Crippen LogP contribution is 2.19. The van der Waals surface area contributed by atoms with Gasteiger partial charge in [-0.3, -0.25) is 9.48 Å². The van der Waals surface area contributed by atoms with E-state index in [4.69, 9.17) is 14.4 Å². The van der Waals surface area contributed by atoms with Crippen LogP contribution in [0.5, 0.6) is 5.88 Å². The number of hydrogen-bond donors (Lipinski definition) is 0. The number of aryl methyl sites for hydroxylation is 1. The molecule has 1 aliphatic rings. The van der Waals surface area contributed by atoms with Gasteiger partial charge in [0.25, 0.3) is 5.91 Å². The number of furan rings is 1. The molecule has 1 atom stereocenters. The van der Waals surface area contributed by atoms with E-state index in [2.05, 4.69) is 10.1 Å². The van der Waals surface area contributed by atoms with Crippen molar-refractivity contribution in [2.75, 3.05) is 6.54 Å². The lowest BCUT2D eigenvalue weighted by Gasteiger charge is -2.23. The molecular formula is C19H17N5O3. The number of hydrogen-bond acceptors (Lipinski definition) is 6. The summed E-state index contributed by atoms with van der Waals surface area (Å²) in [6.45, 7) is 3.07. The van der Waals surface area contributed by atoms with Crippen LogP contribution in [-0.2, 0) is 13.1 Å². The molecule has 0 aromatic carbocycles. The summed E-state index contributed by atoms with van der Waals surface area (Å²) in [4.78, 5) is 18.7. The first-order chi connectivity index (χ1) is 13.1. The highest BCUT2D eigenvalue weighted by molar-refractivity contribution is 5.91. The molecule has 3 aromatic heterocycles.